The van der Waals surface area contributed by atoms with Gasteiger partial charge in [-0.3, -0.25) is 11.4 Å². The molecule has 1 aromatic carbocycles. The third kappa shape index (κ3) is 38.7. The number of ketones is 1. The Morgan fingerprint density at radius 3 is 1.18 bits per heavy atom. The summed E-state index contributed by atoms with van der Waals surface area (Å²) in [6.07, 6.45) is -41.5. The van der Waals surface area contributed by atoms with Gasteiger partial charge in [-0.1, -0.05) is 110 Å². The molecule has 0 fully saturated rings. The summed E-state index contributed by atoms with van der Waals surface area (Å²) in [5, 5.41) is 26.2. The maximum absolute atomic E-state index is 13.3. The molecule has 2 aliphatic carbocycles. The standard InChI is InChI=1S/C9H11F5O.C8H8.C7H7F5O.2C6H5F5O.C3H5Br.C3H2F6O.C3HF5O.C2H6.C2H3.CH3Cl.BrH.Mg.Na/c1-4-6-8(10,11)7(5-2,15-3)9(12,13)14;1-2-8-6-4-3-5-7-8;1-13-5(7(10,11)12)3-2-4-6(5,8)9;7-5(8)3-1-2-4(5,12)6(9,10)11;1-2-3-5(7,8)4(12)6(9,10)11;1-2-3-4;4-2(5,6)1(10)3(7,8)9;4-2(5)1(9)3(6,7)8;3*1-2;;;/h4-5H,1-2,6H2,3H3;2-7H,1H2;2-3H,4H2,1H3;1-2,12H,3H2;2H,1,3H2;2H,1,3H2;1,10H;9H;1-2H3;1H,2H2;1H3;1H;;/q;;;;;;;;;-1;;;+2;+1/p-1. The zero-order chi connectivity index (χ0) is 73.7. The topological polar surface area (TPSA) is 99.1 Å². The van der Waals surface area contributed by atoms with Gasteiger partial charge in [-0.2, -0.15) is 110 Å². The van der Waals surface area contributed by atoms with E-state index in [2.05, 4.69) is 83.1 Å². The van der Waals surface area contributed by atoms with E-state index in [0.29, 0.717) is 38.5 Å². The summed E-state index contributed by atoms with van der Waals surface area (Å²) in [6, 6.07) is 10.0. The van der Waals surface area contributed by atoms with Crippen LogP contribution in [0.1, 0.15) is 46.5 Å². The van der Waals surface area contributed by atoms with Crippen LogP contribution in [0.25, 0.3) is 6.08 Å². The molecule has 92 heavy (non-hydrogen) atoms. The molecule has 532 valence electrons. The summed E-state index contributed by atoms with van der Waals surface area (Å²) in [7, 11) is 1.18. The van der Waals surface area contributed by atoms with Crippen LogP contribution in [0.2, 0.25) is 0 Å². The Kier molecular flexibility index (Phi) is 60.0. The number of allylic oxidation sites excluding steroid dienone is 6. The van der Waals surface area contributed by atoms with Crippen molar-refractivity contribution < 1.29 is 214 Å². The number of rotatable bonds is 11. The maximum Gasteiger partial charge on any atom is 2.00 e. The molecular formula is C50H56Br2ClF31MgNaO6+. The first-order chi connectivity index (χ1) is 39.7. The largest absolute Gasteiger partial charge is 2.00 e. The number of methoxy groups -OCH3 is 2. The van der Waals surface area contributed by atoms with Crippen LogP contribution in [-0.4, -0.2) is 155 Å². The van der Waals surface area contributed by atoms with Crippen molar-refractivity contribution in [2.24, 2.45) is 0 Å². The van der Waals surface area contributed by atoms with Crippen molar-refractivity contribution in [3.05, 3.63) is 142 Å². The van der Waals surface area contributed by atoms with Gasteiger partial charge in [-0.15, -0.1) is 31.3 Å². The molecule has 0 saturated heterocycles. The molecule has 2 aliphatic rings. The molecule has 0 aliphatic heterocycles. The number of alkyl halides is 31. The molecule has 3 rings (SSSR count). The van der Waals surface area contributed by atoms with Gasteiger partial charge >= 0.3 is 109 Å². The first-order valence-corrected chi connectivity index (χ1v) is 24.2. The number of carbonyl (C=O) groups excluding carboxylic acids is 1. The molecule has 42 heteroatoms. The molecule has 6 nitrogen and oxygen atoms in total. The Morgan fingerprint density at radius 1 is 0.685 bits per heavy atom. The van der Waals surface area contributed by atoms with E-state index in [0.717, 1.165) is 11.4 Å². The van der Waals surface area contributed by atoms with Crippen molar-refractivity contribution in [1.29, 1.82) is 0 Å². The van der Waals surface area contributed by atoms with Crippen LogP contribution in [0.15, 0.2) is 130 Å². The molecule has 0 spiro atoms. The second-order valence-corrected chi connectivity index (χ2v) is 15.5. The van der Waals surface area contributed by atoms with Gasteiger partial charge in [0.05, 0.1) is 0 Å². The molecule has 0 saturated carbocycles. The molecule has 2 N–H and O–H groups in total. The van der Waals surface area contributed by atoms with Crippen molar-refractivity contribution in [3.8, 4) is 0 Å². The van der Waals surface area contributed by atoms with Crippen molar-refractivity contribution in [2.45, 2.75) is 129 Å². The van der Waals surface area contributed by atoms with Gasteiger partial charge in [0.2, 0.25) is 22.9 Å². The Morgan fingerprint density at radius 2 is 1.04 bits per heavy atom. The van der Waals surface area contributed by atoms with Crippen LogP contribution in [0.5, 0.6) is 0 Å². The van der Waals surface area contributed by atoms with E-state index >= 15 is 0 Å². The fourth-order valence-electron chi connectivity index (χ4n) is 4.76. The number of ether oxygens (including phenoxy) is 2. The molecule has 3 atom stereocenters. The van der Waals surface area contributed by atoms with E-state index in [1.807, 2.05) is 50.3 Å². The Labute approximate surface area is 570 Å². The van der Waals surface area contributed by atoms with E-state index < -0.39 is 133 Å². The van der Waals surface area contributed by atoms with Crippen molar-refractivity contribution >= 4 is 62.4 Å². The molecule has 1 aromatic rings. The summed E-state index contributed by atoms with van der Waals surface area (Å²) in [5.74, 6) is -22.7. The maximum atomic E-state index is 13.3. The summed E-state index contributed by atoms with van der Waals surface area (Å²) in [4.78, 5) is 9.95. The van der Waals surface area contributed by atoms with Gasteiger partial charge in [-0.05, 0) is 23.8 Å². The van der Waals surface area contributed by atoms with Crippen molar-refractivity contribution in [3.63, 3.8) is 0 Å². The predicted octanol–water partition coefficient (Wildman–Crippen LogP) is 12.7. The molecule has 0 bridgehead atoms. The summed E-state index contributed by atoms with van der Waals surface area (Å²) >= 11 is 7.77. The average molecular weight is 1580 g/mol. The SMILES string of the molecule is C=CCBr.C=CCC(F)(F)C(=O)C(F)(F)F.C=CCC(F)(F)C(C=C)(OC)C(F)(F)F.C=Cc1ccccc1.CC.CCl.COC1(C(F)(F)F)C=CCC1(F)F.OC(C(F)(F)F)C(F)(F)F.OC1(C(F)(F)F)C=CCC1(F)F.[Br-].[CH-]=C.[H+].[Mg+2].[Na+].[O-]C(=C(F)F)C(F)(F)F. The van der Waals surface area contributed by atoms with E-state index in [9.17, 15) is 146 Å². The molecule has 0 heterocycles. The average Bonchev–Trinajstić information content (AvgIpc) is 1.73. The number of aliphatic hydroxyl groups is 2. The van der Waals surface area contributed by atoms with Crippen LogP contribution in [0.4, 0.5) is 136 Å². The molecule has 0 amide bonds. The number of halogens is 34. The zero-order valence-corrected chi connectivity index (χ0v) is 55.4. The summed E-state index contributed by atoms with van der Waals surface area (Å²) in [6.45, 7) is 26.6. The van der Waals surface area contributed by atoms with Gasteiger partial charge in [0.25, 0.3) is 23.8 Å². The zero-order valence-electron chi connectivity index (χ0n) is 49.1. The number of carbonyl (C=O) groups is 1. The van der Waals surface area contributed by atoms with Crippen LogP contribution in [0.3, 0.4) is 0 Å². The Bertz CT molecular complexity index is 2260. The second-order valence-electron chi connectivity index (χ2n) is 14.8. The molecule has 0 aromatic heterocycles. The number of Topliss-reactive ketones (excluding diaryl/α,β-unsaturated/α-hetero) is 1. The normalized spacial score (nSPS) is 17.3. The fourth-order valence-corrected chi connectivity index (χ4v) is 4.76. The first kappa shape index (κ1) is 113. The Hall–Kier alpha value is -2.96. The predicted molar refractivity (Wildman–Crippen MR) is 275 cm³/mol. The van der Waals surface area contributed by atoms with Crippen molar-refractivity contribution in [2.75, 3.05) is 25.9 Å². The summed E-state index contributed by atoms with van der Waals surface area (Å²) in [5.41, 5.74) is -9.93. The van der Waals surface area contributed by atoms with Crippen LogP contribution >= 0.6 is 27.5 Å². The fraction of sp³-hybridized carbons (Fsp3) is 0.500. The number of hydrogen-bond acceptors (Lipinski definition) is 6. The monoisotopic (exact) mass is 1580 g/mol. The quantitative estimate of drug-likeness (QED) is 0.0572. The van der Waals surface area contributed by atoms with E-state index in [-0.39, 0.29) is 83.2 Å². The number of benzene rings is 1. The van der Waals surface area contributed by atoms with Gasteiger partial charge in [-0.25, -0.2) is 26.3 Å². The van der Waals surface area contributed by atoms with Crippen LogP contribution in [-0.2, 0) is 14.3 Å². The van der Waals surface area contributed by atoms with Crippen LogP contribution in [0, 0.1) is 6.58 Å². The van der Waals surface area contributed by atoms with E-state index in [1.54, 1.807) is 6.08 Å². The Balaban J connectivity index is -0.0000000802. The van der Waals surface area contributed by atoms with Gasteiger partial charge in [0.15, 0.2) is 0 Å². The number of aliphatic hydroxyl groups excluding tert-OH is 1. The molecular weight excluding hydrogens is 1530 g/mol. The molecule has 3 unspecified atom stereocenters. The second kappa shape index (κ2) is 48.7. The minimum Gasteiger partial charge on any atom is -1.00 e. The third-order valence-electron chi connectivity index (χ3n) is 8.89. The first-order valence-electron chi connectivity index (χ1n) is 22.3. The third-order valence-corrected chi connectivity index (χ3v) is 9.35. The molecule has 0 radical (unpaired) electrons. The minimum atomic E-state index is -5.63. The van der Waals surface area contributed by atoms with Gasteiger partial charge in [0, 0.05) is 57.4 Å². The van der Waals surface area contributed by atoms with E-state index in [1.165, 1.54) is 11.9 Å². The van der Waals surface area contributed by atoms with Crippen molar-refractivity contribution in [1.82, 2.24) is 0 Å². The van der Waals surface area contributed by atoms with Crippen LogP contribution < -0.4 is 51.6 Å². The minimum absolute atomic E-state index is 0. The summed E-state index contributed by atoms with van der Waals surface area (Å²) < 4.78 is 373. The number of hydrogen-bond donors (Lipinski definition) is 2. The van der Waals surface area contributed by atoms with Gasteiger partial charge in [0.1, 0.15) is 0 Å². The smallest absolute Gasteiger partial charge is 1.00 e. The van der Waals surface area contributed by atoms with Gasteiger partial charge < -0.3 is 48.4 Å². The van der Waals surface area contributed by atoms with E-state index in [4.69, 9.17) is 10.2 Å².